The molecular formula is C30H26F4O. The average molecular weight is 479 g/mol. The molecule has 0 heterocycles. The second-order valence-corrected chi connectivity index (χ2v) is 8.43. The zero-order valence-corrected chi connectivity index (χ0v) is 19.7. The van der Waals surface area contributed by atoms with Crippen molar-refractivity contribution >= 4 is 0 Å². The maximum Gasteiger partial charge on any atom is 0.201 e. The first-order chi connectivity index (χ1) is 16.9. The summed E-state index contributed by atoms with van der Waals surface area (Å²) < 4.78 is 63.8. The number of ether oxygens (including phenoxy) is 1. The van der Waals surface area contributed by atoms with Gasteiger partial charge in [0.2, 0.25) is 5.82 Å². The van der Waals surface area contributed by atoms with Crippen molar-refractivity contribution in [3.8, 4) is 28.0 Å². The van der Waals surface area contributed by atoms with Crippen molar-refractivity contribution in [2.24, 2.45) is 0 Å². The van der Waals surface area contributed by atoms with Crippen molar-refractivity contribution in [1.29, 1.82) is 0 Å². The quantitative estimate of drug-likeness (QED) is 0.230. The number of rotatable bonds is 8. The van der Waals surface area contributed by atoms with E-state index in [0.29, 0.717) is 28.7 Å². The molecule has 5 heteroatoms. The van der Waals surface area contributed by atoms with Crippen LogP contribution in [0.15, 0.2) is 72.8 Å². The molecule has 0 fully saturated rings. The Kier molecular flexibility index (Phi) is 7.54. The standard InChI is InChI=1S/C30H26F4O/c1-3-5-23-14-15-24(28(32)27(23)31)22-12-8-20(9-13-22)18-35-26-17-16-25(29(33)30(26)34)21-10-6-19(4-2)7-11-21/h6-17H,3-5,18H2,1-2H3. The van der Waals surface area contributed by atoms with Crippen LogP contribution in [0.1, 0.15) is 37.0 Å². The topological polar surface area (TPSA) is 9.23 Å². The fraction of sp³-hybridized carbons (Fsp3) is 0.200. The fourth-order valence-electron chi connectivity index (χ4n) is 4.00. The maximum atomic E-state index is 14.7. The summed E-state index contributed by atoms with van der Waals surface area (Å²) >= 11 is 0. The van der Waals surface area contributed by atoms with Crippen LogP contribution in [-0.2, 0) is 19.4 Å². The van der Waals surface area contributed by atoms with Crippen LogP contribution in [0.25, 0.3) is 22.3 Å². The van der Waals surface area contributed by atoms with Crippen LogP contribution in [0.2, 0.25) is 0 Å². The third kappa shape index (κ3) is 5.24. The summed E-state index contributed by atoms with van der Waals surface area (Å²) in [4.78, 5) is 0. The van der Waals surface area contributed by atoms with Gasteiger partial charge in [0.15, 0.2) is 23.2 Å². The highest BCUT2D eigenvalue weighted by atomic mass is 19.2. The second kappa shape index (κ2) is 10.8. The van der Waals surface area contributed by atoms with Gasteiger partial charge in [0.1, 0.15) is 6.61 Å². The van der Waals surface area contributed by atoms with E-state index < -0.39 is 23.3 Å². The lowest BCUT2D eigenvalue weighted by molar-refractivity contribution is 0.285. The van der Waals surface area contributed by atoms with Crippen molar-refractivity contribution in [3.05, 3.63) is 113 Å². The summed E-state index contributed by atoms with van der Waals surface area (Å²) in [5, 5.41) is 0. The van der Waals surface area contributed by atoms with Gasteiger partial charge >= 0.3 is 0 Å². The van der Waals surface area contributed by atoms with E-state index >= 15 is 0 Å². The number of benzene rings is 4. The fourth-order valence-corrected chi connectivity index (χ4v) is 4.00. The molecule has 0 saturated carbocycles. The average Bonchev–Trinajstić information content (AvgIpc) is 2.88. The number of aryl methyl sites for hydroxylation is 2. The van der Waals surface area contributed by atoms with Crippen LogP contribution in [-0.4, -0.2) is 0 Å². The predicted molar refractivity (Wildman–Crippen MR) is 131 cm³/mol. The van der Waals surface area contributed by atoms with Crippen LogP contribution in [0.3, 0.4) is 0 Å². The Bertz CT molecular complexity index is 1310. The highest BCUT2D eigenvalue weighted by molar-refractivity contribution is 5.66. The Morgan fingerprint density at radius 2 is 1.11 bits per heavy atom. The molecule has 180 valence electrons. The van der Waals surface area contributed by atoms with E-state index in [2.05, 4.69) is 0 Å². The molecule has 4 aromatic carbocycles. The molecule has 0 aliphatic heterocycles. The normalized spacial score (nSPS) is 11.0. The molecule has 0 saturated heterocycles. The zero-order chi connectivity index (χ0) is 24.9. The Morgan fingerprint density at radius 3 is 1.69 bits per heavy atom. The van der Waals surface area contributed by atoms with Crippen molar-refractivity contribution in [1.82, 2.24) is 0 Å². The van der Waals surface area contributed by atoms with E-state index in [4.69, 9.17) is 4.74 Å². The molecule has 0 atom stereocenters. The molecule has 1 nitrogen and oxygen atoms in total. The summed E-state index contributed by atoms with van der Waals surface area (Å²) in [5.41, 5.74) is 3.60. The summed E-state index contributed by atoms with van der Waals surface area (Å²) in [6.07, 6.45) is 2.06. The largest absolute Gasteiger partial charge is 0.486 e. The van der Waals surface area contributed by atoms with Gasteiger partial charge in [0.25, 0.3) is 0 Å². The van der Waals surface area contributed by atoms with E-state index in [1.807, 2.05) is 26.0 Å². The first-order valence-corrected chi connectivity index (χ1v) is 11.7. The highest BCUT2D eigenvalue weighted by Crippen LogP contribution is 2.31. The molecule has 0 aliphatic rings. The lowest BCUT2D eigenvalue weighted by Gasteiger charge is -2.12. The van der Waals surface area contributed by atoms with Gasteiger partial charge in [-0.3, -0.25) is 0 Å². The minimum Gasteiger partial charge on any atom is -0.486 e. The SMILES string of the molecule is CCCc1ccc(-c2ccc(COc3ccc(-c4ccc(CC)cc4)c(F)c3F)cc2)c(F)c1F. The van der Waals surface area contributed by atoms with Crippen molar-refractivity contribution in [2.45, 2.75) is 39.7 Å². The molecule has 0 radical (unpaired) electrons. The van der Waals surface area contributed by atoms with E-state index in [9.17, 15) is 17.6 Å². The molecule has 0 spiro atoms. The maximum absolute atomic E-state index is 14.7. The first kappa shape index (κ1) is 24.5. The summed E-state index contributed by atoms with van der Waals surface area (Å²) in [7, 11) is 0. The van der Waals surface area contributed by atoms with Crippen LogP contribution >= 0.6 is 0 Å². The molecule has 0 aliphatic carbocycles. The highest BCUT2D eigenvalue weighted by Gasteiger charge is 2.17. The van der Waals surface area contributed by atoms with Crippen molar-refractivity contribution in [2.75, 3.05) is 0 Å². The molecule has 0 aromatic heterocycles. The molecule has 0 amide bonds. The van der Waals surface area contributed by atoms with Crippen LogP contribution in [0.5, 0.6) is 5.75 Å². The molecule has 0 unspecified atom stereocenters. The number of halogens is 4. The van der Waals surface area contributed by atoms with Gasteiger partial charge in [-0.05, 0) is 52.8 Å². The van der Waals surface area contributed by atoms with Gasteiger partial charge < -0.3 is 4.74 Å². The van der Waals surface area contributed by atoms with E-state index in [-0.39, 0.29) is 23.5 Å². The number of hydrogen-bond acceptors (Lipinski definition) is 1. The van der Waals surface area contributed by atoms with Crippen molar-refractivity contribution < 1.29 is 22.3 Å². The van der Waals surface area contributed by atoms with E-state index in [1.54, 1.807) is 48.5 Å². The number of hydrogen-bond donors (Lipinski definition) is 0. The minimum atomic E-state index is -1.05. The summed E-state index contributed by atoms with van der Waals surface area (Å²) in [6, 6.07) is 20.1. The Labute approximate surface area is 203 Å². The lowest BCUT2D eigenvalue weighted by Crippen LogP contribution is -2.01. The first-order valence-electron chi connectivity index (χ1n) is 11.7. The van der Waals surface area contributed by atoms with Gasteiger partial charge in [-0.1, -0.05) is 80.9 Å². The Morgan fingerprint density at radius 1 is 0.571 bits per heavy atom. The molecule has 35 heavy (non-hydrogen) atoms. The predicted octanol–water partition coefficient (Wildman–Crippen LogP) is 8.67. The smallest absolute Gasteiger partial charge is 0.201 e. The summed E-state index contributed by atoms with van der Waals surface area (Å²) in [6.45, 7) is 3.93. The Balaban J connectivity index is 1.47. The summed E-state index contributed by atoms with van der Waals surface area (Å²) in [5.74, 6) is -3.91. The lowest BCUT2D eigenvalue weighted by atomic mass is 10.00. The van der Waals surface area contributed by atoms with Gasteiger partial charge in [-0.25, -0.2) is 13.2 Å². The van der Waals surface area contributed by atoms with Crippen LogP contribution in [0, 0.1) is 23.3 Å². The van der Waals surface area contributed by atoms with Gasteiger partial charge in [0.05, 0.1) is 0 Å². The third-order valence-corrected chi connectivity index (χ3v) is 6.06. The van der Waals surface area contributed by atoms with Gasteiger partial charge in [-0.2, -0.15) is 4.39 Å². The molecule has 0 N–H and O–H groups in total. The monoisotopic (exact) mass is 478 g/mol. The van der Waals surface area contributed by atoms with Crippen LogP contribution in [0.4, 0.5) is 17.6 Å². The van der Waals surface area contributed by atoms with E-state index in [1.165, 1.54) is 12.1 Å². The third-order valence-electron chi connectivity index (χ3n) is 6.06. The molecule has 4 rings (SSSR count). The van der Waals surface area contributed by atoms with Crippen LogP contribution < -0.4 is 4.74 Å². The minimum absolute atomic E-state index is 0.00648. The van der Waals surface area contributed by atoms with Gasteiger partial charge in [0, 0.05) is 11.1 Å². The molecular weight excluding hydrogens is 452 g/mol. The zero-order valence-electron chi connectivity index (χ0n) is 19.7. The van der Waals surface area contributed by atoms with E-state index in [0.717, 1.165) is 18.4 Å². The molecule has 4 aromatic rings. The Hall–Kier alpha value is -3.60. The molecule has 0 bridgehead atoms. The van der Waals surface area contributed by atoms with Crippen molar-refractivity contribution in [3.63, 3.8) is 0 Å². The second-order valence-electron chi connectivity index (χ2n) is 8.43. The van der Waals surface area contributed by atoms with Gasteiger partial charge in [-0.15, -0.1) is 0 Å².